The van der Waals surface area contributed by atoms with Crippen molar-refractivity contribution in [1.82, 2.24) is 4.90 Å². The number of rotatable bonds is 4. The van der Waals surface area contributed by atoms with E-state index in [9.17, 15) is 4.79 Å². The number of aryl methyl sites for hydroxylation is 1. The lowest BCUT2D eigenvalue weighted by atomic mass is 9.99. The average molecular weight is 250 g/mol. The number of hydrogen-bond acceptors (Lipinski definition) is 3. The molecular weight excluding hydrogens is 228 g/mol. The second-order valence-corrected chi connectivity index (χ2v) is 4.85. The molecular formula is C14H22N2O2. The van der Waals surface area contributed by atoms with E-state index in [1.54, 1.807) is 6.07 Å². The summed E-state index contributed by atoms with van der Waals surface area (Å²) in [7, 11) is 0. The Morgan fingerprint density at radius 3 is 3.00 bits per heavy atom. The van der Waals surface area contributed by atoms with Crippen LogP contribution in [0.4, 0.5) is 0 Å². The summed E-state index contributed by atoms with van der Waals surface area (Å²) in [6, 6.07) is 3.95. The first-order valence-electron chi connectivity index (χ1n) is 6.86. The van der Waals surface area contributed by atoms with E-state index in [2.05, 4.69) is 0 Å². The number of hydrogen-bond donors (Lipinski definition) is 1. The third kappa shape index (κ3) is 2.75. The van der Waals surface area contributed by atoms with Crippen LogP contribution in [0.5, 0.6) is 0 Å². The Morgan fingerprint density at radius 1 is 1.50 bits per heavy atom. The molecule has 1 saturated heterocycles. The molecule has 0 radical (unpaired) electrons. The summed E-state index contributed by atoms with van der Waals surface area (Å²) in [5.41, 5.74) is 5.62. The molecule has 1 aromatic rings. The van der Waals surface area contributed by atoms with Gasteiger partial charge in [0.1, 0.15) is 5.76 Å². The van der Waals surface area contributed by atoms with E-state index in [1.165, 1.54) is 6.42 Å². The normalized spacial score (nSPS) is 20.1. The highest BCUT2D eigenvalue weighted by Crippen LogP contribution is 2.22. The number of furan rings is 1. The summed E-state index contributed by atoms with van der Waals surface area (Å²) in [5.74, 6) is 1.36. The van der Waals surface area contributed by atoms with Crippen LogP contribution >= 0.6 is 0 Å². The van der Waals surface area contributed by atoms with Crippen molar-refractivity contribution in [3.63, 3.8) is 0 Å². The molecule has 0 aliphatic carbocycles. The molecule has 1 fully saturated rings. The third-order valence-electron chi connectivity index (χ3n) is 3.61. The smallest absolute Gasteiger partial charge is 0.289 e. The number of amides is 1. The van der Waals surface area contributed by atoms with Gasteiger partial charge in [-0.15, -0.1) is 0 Å². The van der Waals surface area contributed by atoms with Crippen molar-refractivity contribution in [3.05, 3.63) is 23.7 Å². The molecule has 1 aliphatic heterocycles. The van der Waals surface area contributed by atoms with Crippen molar-refractivity contribution >= 4 is 5.91 Å². The summed E-state index contributed by atoms with van der Waals surface area (Å²) in [6.07, 6.45) is 5.03. The molecule has 2 rings (SSSR count). The summed E-state index contributed by atoms with van der Waals surface area (Å²) in [4.78, 5) is 14.3. The highest BCUT2D eigenvalue weighted by molar-refractivity contribution is 5.91. The second-order valence-electron chi connectivity index (χ2n) is 4.85. The van der Waals surface area contributed by atoms with Crippen LogP contribution in [0.25, 0.3) is 0 Å². The van der Waals surface area contributed by atoms with Gasteiger partial charge in [-0.05, 0) is 44.4 Å². The lowest BCUT2D eigenvalue weighted by Gasteiger charge is -2.35. The first-order chi connectivity index (χ1) is 8.76. The van der Waals surface area contributed by atoms with Crippen molar-refractivity contribution in [3.8, 4) is 0 Å². The summed E-state index contributed by atoms with van der Waals surface area (Å²) < 4.78 is 5.55. The van der Waals surface area contributed by atoms with Crippen LogP contribution in [0.1, 0.15) is 48.9 Å². The van der Waals surface area contributed by atoms with Gasteiger partial charge in [0, 0.05) is 19.0 Å². The Kier molecular flexibility index (Phi) is 4.42. The molecule has 0 saturated carbocycles. The summed E-state index contributed by atoms with van der Waals surface area (Å²) >= 11 is 0. The molecule has 1 aliphatic rings. The third-order valence-corrected chi connectivity index (χ3v) is 3.61. The molecule has 2 N–H and O–H groups in total. The predicted octanol–water partition coefficient (Wildman–Crippen LogP) is 2.19. The maximum atomic E-state index is 12.4. The summed E-state index contributed by atoms with van der Waals surface area (Å²) in [6.45, 7) is 3.48. The molecule has 2 heterocycles. The lowest BCUT2D eigenvalue weighted by Crippen LogP contribution is -2.44. The summed E-state index contributed by atoms with van der Waals surface area (Å²) in [5, 5.41) is 0. The van der Waals surface area contributed by atoms with Gasteiger partial charge < -0.3 is 15.1 Å². The lowest BCUT2D eigenvalue weighted by molar-refractivity contribution is 0.0571. The van der Waals surface area contributed by atoms with E-state index < -0.39 is 0 Å². The molecule has 1 unspecified atom stereocenters. The minimum absolute atomic E-state index is 0.0212. The highest BCUT2D eigenvalue weighted by Gasteiger charge is 2.28. The van der Waals surface area contributed by atoms with Crippen molar-refractivity contribution in [2.45, 2.75) is 45.1 Å². The minimum atomic E-state index is 0.0212. The zero-order valence-corrected chi connectivity index (χ0v) is 11.0. The van der Waals surface area contributed by atoms with Crippen LogP contribution < -0.4 is 5.73 Å². The number of likely N-dealkylation sites (tertiary alicyclic amines) is 1. The molecule has 1 amide bonds. The largest absolute Gasteiger partial charge is 0.456 e. The van der Waals surface area contributed by atoms with Gasteiger partial charge in [-0.25, -0.2) is 0 Å². The van der Waals surface area contributed by atoms with Gasteiger partial charge >= 0.3 is 0 Å². The van der Waals surface area contributed by atoms with Crippen molar-refractivity contribution in [2.24, 2.45) is 5.73 Å². The zero-order chi connectivity index (χ0) is 13.0. The fourth-order valence-electron chi connectivity index (χ4n) is 2.58. The number of nitrogens with two attached hydrogens (primary N) is 1. The maximum absolute atomic E-state index is 12.4. The molecule has 0 spiro atoms. The van der Waals surface area contributed by atoms with E-state index in [4.69, 9.17) is 10.2 Å². The minimum Gasteiger partial charge on any atom is -0.456 e. The van der Waals surface area contributed by atoms with Gasteiger partial charge in [-0.1, -0.05) is 6.92 Å². The van der Waals surface area contributed by atoms with E-state index >= 15 is 0 Å². The van der Waals surface area contributed by atoms with Crippen LogP contribution in [0.15, 0.2) is 16.5 Å². The first-order valence-corrected chi connectivity index (χ1v) is 6.86. The van der Waals surface area contributed by atoms with Gasteiger partial charge in [0.25, 0.3) is 5.91 Å². The van der Waals surface area contributed by atoms with Crippen LogP contribution in [0.3, 0.4) is 0 Å². The predicted molar refractivity (Wildman–Crippen MR) is 70.4 cm³/mol. The Bertz CT molecular complexity index is 398. The maximum Gasteiger partial charge on any atom is 0.289 e. The molecule has 18 heavy (non-hydrogen) atoms. The fourth-order valence-corrected chi connectivity index (χ4v) is 2.58. The number of nitrogens with zero attached hydrogens (tertiary/aromatic N) is 1. The Hall–Kier alpha value is -1.29. The monoisotopic (exact) mass is 250 g/mol. The Balaban J connectivity index is 2.10. The Labute approximate surface area is 108 Å². The van der Waals surface area contributed by atoms with E-state index in [0.29, 0.717) is 12.3 Å². The molecule has 100 valence electrons. The van der Waals surface area contributed by atoms with Crippen molar-refractivity contribution in [2.75, 3.05) is 13.1 Å². The molecule has 0 aromatic carbocycles. The highest BCUT2D eigenvalue weighted by atomic mass is 16.4. The van der Waals surface area contributed by atoms with Gasteiger partial charge in [0.15, 0.2) is 5.76 Å². The van der Waals surface area contributed by atoms with E-state index in [1.807, 2.05) is 17.9 Å². The fraction of sp³-hybridized carbons (Fsp3) is 0.643. The SMILES string of the molecule is CCc1ccc(C(=O)N2CCCCC2CCN)o1. The number of piperidine rings is 1. The quantitative estimate of drug-likeness (QED) is 0.891. The van der Waals surface area contributed by atoms with Crippen molar-refractivity contribution in [1.29, 1.82) is 0 Å². The van der Waals surface area contributed by atoms with Crippen molar-refractivity contribution < 1.29 is 9.21 Å². The second kappa shape index (κ2) is 6.05. The Morgan fingerprint density at radius 2 is 2.33 bits per heavy atom. The molecule has 0 bridgehead atoms. The molecule has 1 atom stereocenters. The number of carbonyl (C=O) groups excluding carboxylic acids is 1. The first kappa shape index (κ1) is 13.1. The van der Waals surface area contributed by atoms with Gasteiger partial charge in [-0.2, -0.15) is 0 Å². The van der Waals surface area contributed by atoms with Gasteiger partial charge in [0.2, 0.25) is 0 Å². The molecule has 4 heteroatoms. The topological polar surface area (TPSA) is 59.5 Å². The van der Waals surface area contributed by atoms with E-state index in [0.717, 1.165) is 38.0 Å². The number of carbonyl (C=O) groups is 1. The van der Waals surface area contributed by atoms with Crippen LogP contribution in [0, 0.1) is 0 Å². The van der Waals surface area contributed by atoms with Gasteiger partial charge in [0.05, 0.1) is 0 Å². The standard InChI is InChI=1S/C14H22N2O2/c1-2-12-6-7-13(18-12)14(17)16-10-4-3-5-11(16)8-9-15/h6-7,11H,2-5,8-10,15H2,1H3. The van der Waals surface area contributed by atoms with E-state index in [-0.39, 0.29) is 11.9 Å². The van der Waals surface area contributed by atoms with Gasteiger partial charge in [-0.3, -0.25) is 4.79 Å². The zero-order valence-electron chi connectivity index (χ0n) is 11.0. The molecule has 4 nitrogen and oxygen atoms in total. The van der Waals surface area contributed by atoms with Crippen LogP contribution in [-0.4, -0.2) is 29.9 Å². The van der Waals surface area contributed by atoms with Crippen LogP contribution in [0.2, 0.25) is 0 Å². The average Bonchev–Trinajstić information content (AvgIpc) is 2.88. The van der Waals surface area contributed by atoms with Crippen LogP contribution in [-0.2, 0) is 6.42 Å². The molecule has 1 aromatic heterocycles.